The number of pyridine rings is 1. The van der Waals surface area contributed by atoms with Crippen LogP contribution in [-0.4, -0.2) is 22.7 Å². The molecule has 1 aliphatic heterocycles. The summed E-state index contributed by atoms with van der Waals surface area (Å²) in [7, 11) is 0. The van der Waals surface area contributed by atoms with E-state index in [4.69, 9.17) is 0 Å². The molecule has 1 aromatic heterocycles. The maximum Gasteiger partial charge on any atom is 0.266 e. The number of hydrogen-bond acceptors (Lipinski definition) is 4. The van der Waals surface area contributed by atoms with Gasteiger partial charge in [-0.25, -0.2) is 4.90 Å². The van der Waals surface area contributed by atoms with Crippen molar-refractivity contribution in [3.8, 4) is 0 Å². The fraction of sp³-hybridized carbons (Fsp3) is 0.130. The van der Waals surface area contributed by atoms with E-state index in [9.17, 15) is 14.4 Å². The van der Waals surface area contributed by atoms with Crippen LogP contribution in [0.4, 0.5) is 5.69 Å². The number of carbonyl (C=O) groups is 3. The van der Waals surface area contributed by atoms with Gasteiger partial charge in [-0.2, -0.15) is 0 Å². The Hall–Kier alpha value is -3.80. The molecule has 0 saturated carbocycles. The highest BCUT2D eigenvalue weighted by Gasteiger charge is 2.37. The van der Waals surface area contributed by atoms with Crippen LogP contribution in [0.5, 0.6) is 0 Å². The van der Waals surface area contributed by atoms with E-state index in [2.05, 4.69) is 10.3 Å². The zero-order valence-electron chi connectivity index (χ0n) is 16.1. The molecule has 0 radical (unpaired) electrons. The second kappa shape index (κ2) is 7.31. The molecule has 2 heterocycles. The van der Waals surface area contributed by atoms with Crippen molar-refractivity contribution in [1.29, 1.82) is 0 Å². The predicted molar refractivity (Wildman–Crippen MR) is 109 cm³/mol. The first-order chi connectivity index (χ1) is 14.0. The van der Waals surface area contributed by atoms with Crippen molar-refractivity contribution in [1.82, 2.24) is 10.3 Å². The molecule has 1 aliphatic rings. The van der Waals surface area contributed by atoms with E-state index >= 15 is 0 Å². The fourth-order valence-corrected chi connectivity index (χ4v) is 3.35. The molecule has 3 aromatic rings. The minimum atomic E-state index is -0.418. The Labute approximate surface area is 168 Å². The third kappa shape index (κ3) is 3.29. The first-order valence-electron chi connectivity index (χ1n) is 9.24. The van der Waals surface area contributed by atoms with Crippen LogP contribution in [0.3, 0.4) is 0 Å². The van der Waals surface area contributed by atoms with Gasteiger partial charge in [0.15, 0.2) is 0 Å². The number of hydrogen-bond donors (Lipinski definition) is 1. The van der Waals surface area contributed by atoms with Crippen molar-refractivity contribution in [2.45, 2.75) is 20.4 Å². The zero-order valence-corrected chi connectivity index (χ0v) is 16.1. The Bertz CT molecular complexity index is 1140. The van der Waals surface area contributed by atoms with Gasteiger partial charge in [0.2, 0.25) is 0 Å². The molecule has 0 unspecified atom stereocenters. The van der Waals surface area contributed by atoms with Gasteiger partial charge in [-0.15, -0.1) is 0 Å². The van der Waals surface area contributed by atoms with E-state index in [0.29, 0.717) is 16.8 Å². The van der Waals surface area contributed by atoms with Crippen LogP contribution >= 0.6 is 0 Å². The number of benzene rings is 2. The lowest BCUT2D eigenvalue weighted by atomic mass is 10.1. The van der Waals surface area contributed by atoms with Gasteiger partial charge in [0.25, 0.3) is 17.7 Å². The second-order valence-corrected chi connectivity index (χ2v) is 6.93. The third-order valence-corrected chi connectivity index (χ3v) is 5.12. The summed E-state index contributed by atoms with van der Waals surface area (Å²) in [5.74, 6) is -1.12. The third-order valence-electron chi connectivity index (χ3n) is 5.12. The van der Waals surface area contributed by atoms with Crippen LogP contribution in [0.15, 0.2) is 60.8 Å². The van der Waals surface area contributed by atoms with Crippen molar-refractivity contribution < 1.29 is 14.4 Å². The van der Waals surface area contributed by atoms with Gasteiger partial charge in [0.05, 0.1) is 29.1 Å². The van der Waals surface area contributed by atoms with E-state index in [0.717, 1.165) is 16.8 Å². The Morgan fingerprint density at radius 1 is 0.966 bits per heavy atom. The topological polar surface area (TPSA) is 79.4 Å². The smallest absolute Gasteiger partial charge is 0.266 e. The highest BCUT2D eigenvalue weighted by molar-refractivity contribution is 6.35. The number of fused-ring (bicyclic) bond motifs is 1. The lowest BCUT2D eigenvalue weighted by Gasteiger charge is -2.17. The number of imide groups is 1. The van der Waals surface area contributed by atoms with Crippen LogP contribution in [0.2, 0.25) is 0 Å². The Kier molecular flexibility index (Phi) is 4.68. The largest absolute Gasteiger partial charge is 0.346 e. The molecule has 4 rings (SSSR count). The summed E-state index contributed by atoms with van der Waals surface area (Å²) in [6.07, 6.45) is 1.66. The van der Waals surface area contributed by atoms with Gasteiger partial charge in [0, 0.05) is 11.8 Å². The summed E-state index contributed by atoms with van der Waals surface area (Å²) in [4.78, 5) is 43.7. The monoisotopic (exact) mass is 385 g/mol. The normalized spacial score (nSPS) is 12.8. The number of amides is 3. The quantitative estimate of drug-likeness (QED) is 0.698. The molecular formula is C23H19N3O3. The first-order valence-corrected chi connectivity index (χ1v) is 9.24. The number of carbonyl (C=O) groups excluding carboxylic acids is 3. The molecule has 0 spiro atoms. The lowest BCUT2D eigenvalue weighted by Crippen LogP contribution is -2.30. The summed E-state index contributed by atoms with van der Waals surface area (Å²) in [6.45, 7) is 4.09. The van der Waals surface area contributed by atoms with E-state index in [1.807, 2.05) is 38.1 Å². The molecule has 0 saturated heterocycles. The zero-order chi connectivity index (χ0) is 20.5. The summed E-state index contributed by atoms with van der Waals surface area (Å²) >= 11 is 0. The van der Waals surface area contributed by atoms with Gasteiger partial charge in [-0.1, -0.05) is 18.2 Å². The number of aryl methyl sites for hydroxylation is 1. The van der Waals surface area contributed by atoms with Crippen LogP contribution < -0.4 is 10.2 Å². The van der Waals surface area contributed by atoms with Gasteiger partial charge in [-0.05, 0) is 61.4 Å². The molecule has 0 atom stereocenters. The van der Waals surface area contributed by atoms with Crippen LogP contribution in [0.25, 0.3) is 0 Å². The predicted octanol–water partition coefficient (Wildman–Crippen LogP) is 3.43. The van der Waals surface area contributed by atoms with Crippen LogP contribution in [0, 0.1) is 13.8 Å². The van der Waals surface area contributed by atoms with Crippen LogP contribution in [0.1, 0.15) is 47.9 Å². The molecule has 144 valence electrons. The van der Waals surface area contributed by atoms with Crippen molar-refractivity contribution in [3.05, 3.63) is 94.3 Å². The molecule has 0 fully saturated rings. The van der Waals surface area contributed by atoms with Gasteiger partial charge >= 0.3 is 0 Å². The maximum absolute atomic E-state index is 13.0. The fourth-order valence-electron chi connectivity index (χ4n) is 3.35. The van der Waals surface area contributed by atoms with E-state index in [1.54, 1.807) is 24.4 Å². The van der Waals surface area contributed by atoms with Crippen LogP contribution in [-0.2, 0) is 6.54 Å². The Balaban J connectivity index is 1.60. The molecule has 1 N–H and O–H groups in total. The van der Waals surface area contributed by atoms with Crippen molar-refractivity contribution in [2.75, 3.05) is 4.90 Å². The summed E-state index contributed by atoms with van der Waals surface area (Å²) < 4.78 is 0. The van der Waals surface area contributed by atoms with Crippen molar-refractivity contribution >= 4 is 23.4 Å². The van der Waals surface area contributed by atoms with Gasteiger partial charge in [-0.3, -0.25) is 19.4 Å². The van der Waals surface area contributed by atoms with Gasteiger partial charge in [0.1, 0.15) is 0 Å². The average molecular weight is 385 g/mol. The summed E-state index contributed by atoms with van der Waals surface area (Å²) in [5.41, 5.74) is 4.03. The highest BCUT2D eigenvalue weighted by Crippen LogP contribution is 2.32. The molecule has 6 heteroatoms. The molecule has 29 heavy (non-hydrogen) atoms. The average Bonchev–Trinajstić information content (AvgIpc) is 2.99. The summed E-state index contributed by atoms with van der Waals surface area (Å²) in [5, 5.41) is 2.78. The standard InChI is InChI=1S/C23H19N3O3/c1-14-6-5-8-20(15(14)2)26-22(28)18-10-9-16(12-19(18)23(26)29)21(27)25-13-17-7-3-4-11-24-17/h3-12H,13H2,1-2H3,(H,25,27). The molecule has 3 amide bonds. The lowest BCUT2D eigenvalue weighted by molar-refractivity contribution is 0.0923. The SMILES string of the molecule is Cc1cccc(N2C(=O)c3ccc(C(=O)NCc4ccccn4)cc3C2=O)c1C. The summed E-state index contributed by atoms with van der Waals surface area (Å²) in [6, 6.07) is 15.5. The van der Waals surface area contributed by atoms with Crippen molar-refractivity contribution in [2.24, 2.45) is 0 Å². The van der Waals surface area contributed by atoms with E-state index in [-0.39, 0.29) is 23.9 Å². The van der Waals surface area contributed by atoms with E-state index < -0.39 is 5.91 Å². The number of aromatic nitrogens is 1. The number of rotatable bonds is 4. The minimum absolute atomic E-state index is 0.237. The molecule has 0 aliphatic carbocycles. The number of nitrogens with zero attached hydrogens (tertiary/aromatic N) is 2. The minimum Gasteiger partial charge on any atom is -0.346 e. The number of nitrogens with one attached hydrogen (secondary N) is 1. The molecule has 0 bridgehead atoms. The van der Waals surface area contributed by atoms with Gasteiger partial charge < -0.3 is 5.32 Å². The second-order valence-electron chi connectivity index (χ2n) is 6.93. The van der Waals surface area contributed by atoms with Crippen molar-refractivity contribution in [3.63, 3.8) is 0 Å². The molecular weight excluding hydrogens is 366 g/mol. The first kappa shape index (κ1) is 18.6. The highest BCUT2D eigenvalue weighted by atomic mass is 16.2. The number of anilines is 1. The Morgan fingerprint density at radius 3 is 2.52 bits per heavy atom. The maximum atomic E-state index is 13.0. The molecule has 2 aromatic carbocycles. The molecule has 6 nitrogen and oxygen atoms in total. The van der Waals surface area contributed by atoms with E-state index in [1.165, 1.54) is 17.0 Å². The Morgan fingerprint density at radius 2 is 1.76 bits per heavy atom.